The summed E-state index contributed by atoms with van der Waals surface area (Å²) in [6.45, 7) is 3.35. The van der Waals surface area contributed by atoms with Crippen molar-refractivity contribution in [1.29, 1.82) is 0 Å². The Morgan fingerprint density at radius 2 is 2.07 bits per heavy atom. The van der Waals surface area contributed by atoms with Gasteiger partial charge in [0.05, 0.1) is 5.56 Å². The van der Waals surface area contributed by atoms with Crippen molar-refractivity contribution in [3.05, 3.63) is 48.0 Å². The highest BCUT2D eigenvalue weighted by Crippen LogP contribution is 2.29. The Kier molecular flexibility index (Phi) is 3.29. The molecule has 0 aromatic heterocycles. The van der Waals surface area contributed by atoms with E-state index in [9.17, 15) is 18.0 Å². The minimum Gasteiger partial charge on any atom is -0.294 e. The molecule has 0 saturated carbocycles. The first-order chi connectivity index (χ1) is 6.95. The Morgan fingerprint density at radius 3 is 2.60 bits per heavy atom. The lowest BCUT2D eigenvalue weighted by Gasteiger charge is -2.07. The van der Waals surface area contributed by atoms with Crippen LogP contribution in [0.5, 0.6) is 0 Å². The number of hydrogen-bond acceptors (Lipinski definition) is 1. The van der Waals surface area contributed by atoms with Crippen LogP contribution in [-0.4, -0.2) is 5.78 Å². The Labute approximate surface area is 85.2 Å². The highest BCUT2D eigenvalue weighted by Gasteiger charge is 2.30. The molecule has 80 valence electrons. The van der Waals surface area contributed by atoms with E-state index in [2.05, 4.69) is 6.58 Å². The molecule has 0 saturated heterocycles. The second-order valence-electron chi connectivity index (χ2n) is 2.99. The summed E-state index contributed by atoms with van der Waals surface area (Å²) in [6, 6.07) is 4.37. The van der Waals surface area contributed by atoms with E-state index < -0.39 is 11.7 Å². The first-order valence-electron chi connectivity index (χ1n) is 4.26. The molecular weight excluding hydrogens is 205 g/mol. The fourth-order valence-corrected chi connectivity index (χ4v) is 1.12. The third-order valence-electron chi connectivity index (χ3n) is 1.84. The zero-order chi connectivity index (χ0) is 11.5. The van der Waals surface area contributed by atoms with Crippen molar-refractivity contribution in [2.24, 2.45) is 0 Å². The average Bonchev–Trinajstić information content (AvgIpc) is 2.17. The topological polar surface area (TPSA) is 17.1 Å². The van der Waals surface area contributed by atoms with E-state index in [-0.39, 0.29) is 17.8 Å². The molecule has 0 aliphatic heterocycles. The fraction of sp³-hybridized carbons (Fsp3) is 0.182. The van der Waals surface area contributed by atoms with E-state index >= 15 is 0 Å². The van der Waals surface area contributed by atoms with Gasteiger partial charge >= 0.3 is 6.18 Å². The van der Waals surface area contributed by atoms with Crippen LogP contribution in [0.2, 0.25) is 0 Å². The molecule has 0 spiro atoms. The van der Waals surface area contributed by atoms with Gasteiger partial charge in [-0.3, -0.25) is 4.79 Å². The number of hydrogen-bond donors (Lipinski definition) is 0. The van der Waals surface area contributed by atoms with E-state index in [1.54, 1.807) is 0 Å². The standard InChI is InChI=1S/C11H9F3O/c1-2-4-10(15)8-5-3-6-9(7-8)11(12,13)14/h2-3,5-7H,1,4H2. The summed E-state index contributed by atoms with van der Waals surface area (Å²) in [6.07, 6.45) is -3.01. The van der Waals surface area contributed by atoms with Gasteiger partial charge in [0.2, 0.25) is 0 Å². The van der Waals surface area contributed by atoms with Crippen LogP contribution in [0.4, 0.5) is 13.2 Å². The van der Waals surface area contributed by atoms with Crippen molar-refractivity contribution >= 4 is 5.78 Å². The Bertz CT molecular complexity index is 380. The molecule has 15 heavy (non-hydrogen) atoms. The number of carbonyl (C=O) groups is 1. The second-order valence-corrected chi connectivity index (χ2v) is 2.99. The lowest BCUT2D eigenvalue weighted by Crippen LogP contribution is -2.07. The van der Waals surface area contributed by atoms with E-state index in [1.807, 2.05) is 0 Å². The predicted molar refractivity (Wildman–Crippen MR) is 50.6 cm³/mol. The summed E-state index contributed by atoms with van der Waals surface area (Å²) in [5.41, 5.74) is -0.748. The number of ketones is 1. The summed E-state index contributed by atoms with van der Waals surface area (Å²) < 4.78 is 36.9. The van der Waals surface area contributed by atoms with Crippen LogP contribution in [0.3, 0.4) is 0 Å². The molecule has 1 aromatic carbocycles. The molecule has 4 heteroatoms. The largest absolute Gasteiger partial charge is 0.416 e. The molecule has 0 aliphatic carbocycles. The maximum atomic E-state index is 12.3. The summed E-state index contributed by atoms with van der Waals surface area (Å²) >= 11 is 0. The molecule has 0 aliphatic rings. The highest BCUT2D eigenvalue weighted by atomic mass is 19.4. The molecule has 0 fully saturated rings. The van der Waals surface area contributed by atoms with Gasteiger partial charge in [-0.15, -0.1) is 6.58 Å². The smallest absolute Gasteiger partial charge is 0.294 e. The first kappa shape index (κ1) is 11.5. The molecule has 0 atom stereocenters. The molecule has 0 radical (unpaired) electrons. The zero-order valence-electron chi connectivity index (χ0n) is 7.84. The number of Topliss-reactive ketones (excluding diaryl/α,β-unsaturated/α-hetero) is 1. The van der Waals surface area contributed by atoms with E-state index in [0.717, 1.165) is 12.1 Å². The van der Waals surface area contributed by atoms with Crippen LogP contribution in [-0.2, 0) is 6.18 Å². The lowest BCUT2D eigenvalue weighted by atomic mass is 10.1. The number of allylic oxidation sites excluding steroid dienone is 1. The first-order valence-corrected chi connectivity index (χ1v) is 4.26. The van der Waals surface area contributed by atoms with Crippen molar-refractivity contribution in [1.82, 2.24) is 0 Å². The van der Waals surface area contributed by atoms with Gasteiger partial charge in [0.1, 0.15) is 0 Å². The number of alkyl halides is 3. The normalized spacial score (nSPS) is 11.1. The van der Waals surface area contributed by atoms with Crippen molar-refractivity contribution in [3.63, 3.8) is 0 Å². The summed E-state index contributed by atoms with van der Waals surface area (Å²) in [7, 11) is 0. The van der Waals surface area contributed by atoms with Gasteiger partial charge in [-0.05, 0) is 12.1 Å². The van der Waals surface area contributed by atoms with Crippen LogP contribution in [0.15, 0.2) is 36.9 Å². The minimum atomic E-state index is -4.41. The summed E-state index contributed by atoms with van der Waals surface area (Å²) in [4.78, 5) is 11.3. The van der Waals surface area contributed by atoms with Crippen molar-refractivity contribution in [3.8, 4) is 0 Å². The Morgan fingerprint density at radius 1 is 1.40 bits per heavy atom. The van der Waals surface area contributed by atoms with Crippen molar-refractivity contribution < 1.29 is 18.0 Å². The Balaban J connectivity index is 3.03. The van der Waals surface area contributed by atoms with Gasteiger partial charge in [0.15, 0.2) is 5.78 Å². The van der Waals surface area contributed by atoms with Gasteiger partial charge in [0, 0.05) is 12.0 Å². The molecule has 0 unspecified atom stereocenters. The predicted octanol–water partition coefficient (Wildman–Crippen LogP) is 3.46. The quantitative estimate of drug-likeness (QED) is 0.556. The van der Waals surface area contributed by atoms with Gasteiger partial charge in [-0.2, -0.15) is 13.2 Å². The van der Waals surface area contributed by atoms with Gasteiger partial charge in [-0.25, -0.2) is 0 Å². The molecule has 1 rings (SSSR count). The zero-order valence-corrected chi connectivity index (χ0v) is 7.84. The summed E-state index contributed by atoms with van der Waals surface area (Å²) in [5, 5.41) is 0. The van der Waals surface area contributed by atoms with Crippen LogP contribution < -0.4 is 0 Å². The van der Waals surface area contributed by atoms with Gasteiger partial charge < -0.3 is 0 Å². The Hall–Kier alpha value is -1.58. The molecular formula is C11H9F3O. The number of carbonyl (C=O) groups excluding carboxylic acids is 1. The van der Waals surface area contributed by atoms with E-state index in [0.29, 0.717) is 0 Å². The van der Waals surface area contributed by atoms with E-state index in [4.69, 9.17) is 0 Å². The van der Waals surface area contributed by atoms with Crippen LogP contribution >= 0.6 is 0 Å². The third-order valence-corrected chi connectivity index (χ3v) is 1.84. The van der Waals surface area contributed by atoms with Crippen molar-refractivity contribution in [2.75, 3.05) is 0 Å². The third kappa shape index (κ3) is 2.94. The van der Waals surface area contributed by atoms with Crippen LogP contribution in [0.1, 0.15) is 22.3 Å². The van der Waals surface area contributed by atoms with Gasteiger partial charge in [0.25, 0.3) is 0 Å². The molecule has 0 amide bonds. The van der Waals surface area contributed by atoms with E-state index in [1.165, 1.54) is 18.2 Å². The molecule has 1 nitrogen and oxygen atoms in total. The maximum Gasteiger partial charge on any atom is 0.416 e. The van der Waals surface area contributed by atoms with Crippen LogP contribution in [0.25, 0.3) is 0 Å². The number of halogens is 3. The highest BCUT2D eigenvalue weighted by molar-refractivity contribution is 5.97. The minimum absolute atomic E-state index is 0.0430. The SMILES string of the molecule is C=CCC(=O)c1cccc(C(F)(F)F)c1. The average molecular weight is 214 g/mol. The monoisotopic (exact) mass is 214 g/mol. The molecule has 0 N–H and O–H groups in total. The lowest BCUT2D eigenvalue weighted by molar-refractivity contribution is -0.137. The molecule has 0 bridgehead atoms. The number of rotatable bonds is 3. The fourth-order valence-electron chi connectivity index (χ4n) is 1.12. The second kappa shape index (κ2) is 4.29. The van der Waals surface area contributed by atoms with Gasteiger partial charge in [-0.1, -0.05) is 18.2 Å². The molecule has 0 heterocycles. The van der Waals surface area contributed by atoms with Crippen molar-refractivity contribution in [2.45, 2.75) is 12.6 Å². The molecule has 1 aromatic rings. The number of benzene rings is 1. The summed E-state index contributed by atoms with van der Waals surface area (Å²) in [5.74, 6) is -0.365. The maximum absolute atomic E-state index is 12.3. The van der Waals surface area contributed by atoms with Crippen LogP contribution in [0, 0.1) is 0 Å².